The Morgan fingerprint density at radius 2 is 1.95 bits per heavy atom. The van der Waals surface area contributed by atoms with E-state index in [1.54, 1.807) is 19.2 Å². The van der Waals surface area contributed by atoms with Gasteiger partial charge >= 0.3 is 0 Å². The second-order valence-electron chi connectivity index (χ2n) is 4.99. The van der Waals surface area contributed by atoms with Crippen LogP contribution in [0.15, 0.2) is 32.0 Å². The topological polar surface area (TPSA) is 52.6 Å². The van der Waals surface area contributed by atoms with Gasteiger partial charge in [-0.3, -0.25) is 4.90 Å². The molecule has 2 rings (SSSR count). The van der Waals surface area contributed by atoms with Crippen molar-refractivity contribution >= 4 is 41.9 Å². The molecular formula is C13H19Br2N3O2S. The van der Waals surface area contributed by atoms with E-state index < -0.39 is 10.0 Å². The SMILES string of the molecule is CN(CCN1CCNCC1)S(=O)(=O)c1cc(Br)ccc1Br. The van der Waals surface area contributed by atoms with Crippen LogP contribution in [0, 0.1) is 0 Å². The van der Waals surface area contributed by atoms with E-state index in [9.17, 15) is 8.42 Å². The first-order valence-corrected chi connectivity index (χ1v) is 9.78. The minimum Gasteiger partial charge on any atom is -0.314 e. The second-order valence-corrected chi connectivity index (χ2v) is 8.78. The molecule has 21 heavy (non-hydrogen) atoms. The Morgan fingerprint density at radius 3 is 2.62 bits per heavy atom. The molecule has 118 valence electrons. The Hall–Kier alpha value is 0.01000. The fourth-order valence-corrected chi connectivity index (χ4v) is 4.80. The summed E-state index contributed by atoms with van der Waals surface area (Å²) in [6, 6.07) is 5.17. The van der Waals surface area contributed by atoms with Crippen LogP contribution in [0.4, 0.5) is 0 Å². The summed E-state index contributed by atoms with van der Waals surface area (Å²) in [6.07, 6.45) is 0. The van der Waals surface area contributed by atoms with Crippen LogP contribution < -0.4 is 5.32 Å². The lowest BCUT2D eigenvalue weighted by atomic mass is 10.3. The summed E-state index contributed by atoms with van der Waals surface area (Å²) in [5, 5.41) is 3.29. The summed E-state index contributed by atoms with van der Waals surface area (Å²) in [4.78, 5) is 2.57. The maximum atomic E-state index is 12.6. The van der Waals surface area contributed by atoms with Gasteiger partial charge in [0.25, 0.3) is 0 Å². The van der Waals surface area contributed by atoms with E-state index in [0.717, 1.165) is 37.2 Å². The van der Waals surface area contributed by atoms with E-state index in [2.05, 4.69) is 42.1 Å². The monoisotopic (exact) mass is 439 g/mol. The zero-order valence-corrected chi connectivity index (χ0v) is 15.8. The number of rotatable bonds is 5. The Morgan fingerprint density at radius 1 is 1.29 bits per heavy atom. The van der Waals surface area contributed by atoms with Crippen molar-refractivity contribution in [2.75, 3.05) is 46.3 Å². The molecule has 0 unspecified atom stereocenters. The van der Waals surface area contributed by atoms with Crippen molar-refractivity contribution < 1.29 is 8.42 Å². The van der Waals surface area contributed by atoms with Gasteiger partial charge in [0.15, 0.2) is 0 Å². The van der Waals surface area contributed by atoms with Gasteiger partial charge in [0.05, 0.1) is 4.90 Å². The van der Waals surface area contributed by atoms with Gasteiger partial charge in [-0.05, 0) is 34.1 Å². The predicted octanol–water partition coefficient (Wildman–Crippen LogP) is 1.74. The van der Waals surface area contributed by atoms with Crippen LogP contribution in [-0.4, -0.2) is 63.9 Å². The predicted molar refractivity (Wildman–Crippen MR) is 91.0 cm³/mol. The molecule has 0 spiro atoms. The fourth-order valence-electron chi connectivity index (χ4n) is 2.18. The molecule has 5 nitrogen and oxygen atoms in total. The van der Waals surface area contributed by atoms with Crippen molar-refractivity contribution in [2.24, 2.45) is 0 Å². The van der Waals surface area contributed by atoms with Crippen molar-refractivity contribution in [1.29, 1.82) is 0 Å². The molecule has 1 heterocycles. The van der Waals surface area contributed by atoms with Crippen molar-refractivity contribution in [3.63, 3.8) is 0 Å². The van der Waals surface area contributed by atoms with Crippen LogP contribution in [0.3, 0.4) is 0 Å². The molecule has 1 saturated heterocycles. The number of halogens is 2. The summed E-state index contributed by atoms with van der Waals surface area (Å²) in [5.41, 5.74) is 0. The van der Waals surface area contributed by atoms with E-state index in [1.807, 2.05) is 6.07 Å². The number of benzene rings is 1. The minimum atomic E-state index is -3.48. The Bertz CT molecular complexity index is 589. The smallest absolute Gasteiger partial charge is 0.244 e. The summed E-state index contributed by atoms with van der Waals surface area (Å²) in [6.45, 7) is 5.11. The van der Waals surface area contributed by atoms with E-state index in [1.165, 1.54) is 4.31 Å². The molecule has 0 bridgehead atoms. The third kappa shape index (κ3) is 4.49. The van der Waals surface area contributed by atoms with E-state index in [4.69, 9.17) is 0 Å². The van der Waals surface area contributed by atoms with Crippen LogP contribution in [0.25, 0.3) is 0 Å². The van der Waals surface area contributed by atoms with Gasteiger partial charge in [0.2, 0.25) is 10.0 Å². The van der Waals surface area contributed by atoms with Crippen LogP contribution in [-0.2, 0) is 10.0 Å². The maximum Gasteiger partial charge on any atom is 0.244 e. The van der Waals surface area contributed by atoms with Gasteiger partial charge in [-0.25, -0.2) is 8.42 Å². The number of hydrogen-bond acceptors (Lipinski definition) is 4. The normalized spacial score (nSPS) is 17.3. The summed E-state index contributed by atoms with van der Waals surface area (Å²) in [5.74, 6) is 0. The van der Waals surface area contributed by atoms with Gasteiger partial charge < -0.3 is 5.32 Å². The number of nitrogens with zero attached hydrogens (tertiary/aromatic N) is 2. The fraction of sp³-hybridized carbons (Fsp3) is 0.538. The summed E-state index contributed by atoms with van der Waals surface area (Å²) in [7, 11) is -1.85. The van der Waals surface area contributed by atoms with Gasteiger partial charge in [-0.1, -0.05) is 15.9 Å². The van der Waals surface area contributed by atoms with Crippen LogP contribution >= 0.6 is 31.9 Å². The first-order valence-electron chi connectivity index (χ1n) is 6.76. The number of hydrogen-bond donors (Lipinski definition) is 1. The zero-order chi connectivity index (χ0) is 15.5. The van der Waals surface area contributed by atoms with E-state index in [0.29, 0.717) is 15.9 Å². The molecule has 0 radical (unpaired) electrons. The molecule has 1 aromatic carbocycles. The Kier molecular flexibility index (Phi) is 6.22. The van der Waals surface area contributed by atoms with Crippen molar-refractivity contribution in [3.05, 3.63) is 27.1 Å². The average molecular weight is 441 g/mol. The molecule has 1 aromatic rings. The van der Waals surface area contributed by atoms with Crippen molar-refractivity contribution in [1.82, 2.24) is 14.5 Å². The second kappa shape index (κ2) is 7.52. The van der Waals surface area contributed by atoms with Gasteiger partial charge in [0.1, 0.15) is 0 Å². The Labute approximate surface area is 143 Å². The molecular weight excluding hydrogens is 422 g/mol. The number of nitrogens with one attached hydrogen (secondary N) is 1. The maximum absolute atomic E-state index is 12.6. The van der Waals surface area contributed by atoms with Gasteiger partial charge in [-0.15, -0.1) is 0 Å². The highest BCUT2D eigenvalue weighted by atomic mass is 79.9. The van der Waals surface area contributed by atoms with Gasteiger partial charge in [-0.2, -0.15) is 4.31 Å². The molecule has 0 saturated carbocycles. The summed E-state index contributed by atoms with van der Waals surface area (Å²) >= 11 is 6.64. The molecule has 1 N–H and O–H groups in total. The highest BCUT2D eigenvalue weighted by molar-refractivity contribution is 9.11. The van der Waals surface area contributed by atoms with E-state index in [-0.39, 0.29) is 0 Å². The van der Waals surface area contributed by atoms with Gasteiger partial charge in [0, 0.05) is 55.3 Å². The molecule has 1 aliphatic rings. The quantitative estimate of drug-likeness (QED) is 0.757. The summed E-state index contributed by atoms with van der Waals surface area (Å²) < 4.78 is 28.0. The third-order valence-electron chi connectivity index (χ3n) is 3.52. The molecule has 0 aromatic heterocycles. The number of sulfonamides is 1. The third-order valence-corrected chi connectivity index (χ3v) is 6.87. The number of likely N-dealkylation sites (N-methyl/N-ethyl adjacent to an activating group) is 1. The largest absolute Gasteiger partial charge is 0.314 e. The Balaban J connectivity index is 2.05. The van der Waals surface area contributed by atoms with Crippen molar-refractivity contribution in [2.45, 2.75) is 4.90 Å². The number of piperazine rings is 1. The molecule has 1 aliphatic heterocycles. The molecule has 8 heteroatoms. The first kappa shape index (κ1) is 17.4. The molecule has 0 atom stereocenters. The van der Waals surface area contributed by atoms with Crippen LogP contribution in [0.5, 0.6) is 0 Å². The zero-order valence-electron chi connectivity index (χ0n) is 11.8. The molecule has 1 fully saturated rings. The first-order chi connectivity index (χ1) is 9.91. The lowest BCUT2D eigenvalue weighted by Gasteiger charge is -2.29. The lowest BCUT2D eigenvalue weighted by Crippen LogP contribution is -2.46. The highest BCUT2D eigenvalue weighted by Gasteiger charge is 2.24. The molecule has 0 amide bonds. The van der Waals surface area contributed by atoms with Crippen molar-refractivity contribution in [3.8, 4) is 0 Å². The van der Waals surface area contributed by atoms with Crippen LogP contribution in [0.2, 0.25) is 0 Å². The van der Waals surface area contributed by atoms with E-state index >= 15 is 0 Å². The molecule has 0 aliphatic carbocycles. The highest BCUT2D eigenvalue weighted by Crippen LogP contribution is 2.27. The minimum absolute atomic E-state index is 0.291. The standard InChI is InChI=1S/C13H19Br2N3O2S/c1-17(8-9-18-6-4-16-5-7-18)21(19,20)13-10-11(14)2-3-12(13)15/h2-3,10,16H,4-9H2,1H3. The average Bonchev–Trinajstić information content (AvgIpc) is 2.48. The lowest BCUT2D eigenvalue weighted by molar-refractivity contribution is 0.229. The van der Waals surface area contributed by atoms with Crippen LogP contribution in [0.1, 0.15) is 0 Å².